The molecule has 154 valence electrons. The largest absolute Gasteiger partial charge is 0.484 e. The van der Waals surface area contributed by atoms with Crippen molar-refractivity contribution < 1.29 is 27.5 Å². The second-order valence-corrected chi connectivity index (χ2v) is 6.85. The number of rotatable bonds is 4. The van der Waals surface area contributed by atoms with Crippen LogP contribution in [0.4, 0.5) is 13.2 Å². The summed E-state index contributed by atoms with van der Waals surface area (Å²) in [6.07, 6.45) is 0.479. The Bertz CT molecular complexity index is 903. The highest BCUT2D eigenvalue weighted by Gasteiger charge is 2.26. The zero-order valence-electron chi connectivity index (χ0n) is 16.0. The highest BCUT2D eigenvalue weighted by Crippen LogP contribution is 2.18. The normalized spacial score (nSPS) is 14.5. The second-order valence-electron chi connectivity index (χ2n) is 6.85. The Hall–Kier alpha value is -3.03. The van der Waals surface area contributed by atoms with Crippen LogP contribution in [-0.4, -0.2) is 54.4 Å². The molecule has 0 bridgehead atoms. The standard InChI is InChI=1S/C21H21F3N2O3/c1-14-3-5-15(6-4-14)29-13-18(27)25-9-2-10-26(12-11-25)21(28)16-7-8-17(22)20(24)19(16)23/h3-8H,2,9-13H2,1H3. The van der Waals surface area contributed by atoms with Gasteiger partial charge in [0.25, 0.3) is 11.8 Å². The third kappa shape index (κ3) is 4.88. The molecule has 0 aliphatic carbocycles. The first-order chi connectivity index (χ1) is 13.9. The molecule has 0 spiro atoms. The van der Waals surface area contributed by atoms with Crippen molar-refractivity contribution in [3.63, 3.8) is 0 Å². The van der Waals surface area contributed by atoms with Gasteiger partial charge < -0.3 is 14.5 Å². The van der Waals surface area contributed by atoms with Crippen molar-refractivity contribution >= 4 is 11.8 Å². The summed E-state index contributed by atoms with van der Waals surface area (Å²) < 4.78 is 45.9. The summed E-state index contributed by atoms with van der Waals surface area (Å²) in [6, 6.07) is 8.98. The van der Waals surface area contributed by atoms with Crippen LogP contribution in [0.2, 0.25) is 0 Å². The highest BCUT2D eigenvalue weighted by molar-refractivity contribution is 5.94. The van der Waals surface area contributed by atoms with Crippen molar-refractivity contribution in [2.75, 3.05) is 32.8 Å². The Labute approximate surface area is 166 Å². The fourth-order valence-corrected chi connectivity index (χ4v) is 3.10. The Kier molecular flexibility index (Phi) is 6.41. The minimum atomic E-state index is -1.67. The predicted molar refractivity (Wildman–Crippen MR) is 100 cm³/mol. The summed E-state index contributed by atoms with van der Waals surface area (Å²) in [6.45, 7) is 2.92. The van der Waals surface area contributed by atoms with E-state index in [0.717, 1.165) is 17.7 Å². The summed E-state index contributed by atoms with van der Waals surface area (Å²) >= 11 is 0. The maximum atomic E-state index is 13.9. The lowest BCUT2D eigenvalue weighted by Crippen LogP contribution is -2.39. The van der Waals surface area contributed by atoms with E-state index in [1.54, 1.807) is 17.0 Å². The Morgan fingerprint density at radius 2 is 1.55 bits per heavy atom. The molecule has 2 aromatic carbocycles. The number of halogens is 3. The van der Waals surface area contributed by atoms with Crippen molar-refractivity contribution in [3.05, 3.63) is 65.0 Å². The minimum Gasteiger partial charge on any atom is -0.484 e. The highest BCUT2D eigenvalue weighted by atomic mass is 19.2. The third-order valence-corrected chi connectivity index (χ3v) is 4.78. The van der Waals surface area contributed by atoms with Gasteiger partial charge in [-0.3, -0.25) is 9.59 Å². The molecule has 0 unspecified atom stereocenters. The lowest BCUT2D eigenvalue weighted by Gasteiger charge is -2.22. The molecule has 0 saturated carbocycles. The molecule has 1 fully saturated rings. The number of carbonyl (C=O) groups is 2. The van der Waals surface area contributed by atoms with Crippen LogP contribution in [0.15, 0.2) is 36.4 Å². The van der Waals surface area contributed by atoms with Gasteiger partial charge in [-0.1, -0.05) is 17.7 Å². The first kappa shape index (κ1) is 20.7. The fourth-order valence-electron chi connectivity index (χ4n) is 3.10. The molecule has 0 N–H and O–H groups in total. The van der Waals surface area contributed by atoms with Crippen LogP contribution >= 0.6 is 0 Å². The van der Waals surface area contributed by atoms with Gasteiger partial charge in [-0.05, 0) is 37.6 Å². The van der Waals surface area contributed by atoms with Crippen LogP contribution in [0.5, 0.6) is 5.75 Å². The molecule has 2 amide bonds. The van der Waals surface area contributed by atoms with E-state index < -0.39 is 28.9 Å². The van der Waals surface area contributed by atoms with Crippen molar-refractivity contribution in [2.45, 2.75) is 13.3 Å². The topological polar surface area (TPSA) is 49.9 Å². The first-order valence-electron chi connectivity index (χ1n) is 9.27. The summed E-state index contributed by atoms with van der Waals surface area (Å²) in [5, 5.41) is 0. The van der Waals surface area contributed by atoms with Gasteiger partial charge in [0.2, 0.25) is 0 Å². The van der Waals surface area contributed by atoms with Gasteiger partial charge in [0.05, 0.1) is 5.56 Å². The van der Waals surface area contributed by atoms with E-state index in [1.165, 1.54) is 4.90 Å². The van der Waals surface area contributed by atoms with Gasteiger partial charge in [-0.25, -0.2) is 13.2 Å². The number of hydrogen-bond acceptors (Lipinski definition) is 3. The molecule has 0 radical (unpaired) electrons. The Morgan fingerprint density at radius 1 is 0.897 bits per heavy atom. The number of ether oxygens (including phenoxy) is 1. The van der Waals surface area contributed by atoms with Crippen LogP contribution in [0.25, 0.3) is 0 Å². The number of benzene rings is 2. The molecule has 1 aliphatic heterocycles. The smallest absolute Gasteiger partial charge is 0.260 e. The summed E-state index contributed by atoms with van der Waals surface area (Å²) in [5.74, 6) is -4.88. The zero-order chi connectivity index (χ0) is 21.0. The molecule has 2 aromatic rings. The Balaban J connectivity index is 1.58. The van der Waals surface area contributed by atoms with Crippen LogP contribution in [0.3, 0.4) is 0 Å². The van der Waals surface area contributed by atoms with E-state index in [2.05, 4.69) is 0 Å². The summed E-state index contributed by atoms with van der Waals surface area (Å²) in [5.41, 5.74) is 0.560. The molecule has 8 heteroatoms. The van der Waals surface area contributed by atoms with Crippen LogP contribution < -0.4 is 4.74 Å². The summed E-state index contributed by atoms with van der Waals surface area (Å²) in [4.78, 5) is 27.9. The molecule has 0 aromatic heterocycles. The van der Waals surface area contributed by atoms with Crippen molar-refractivity contribution in [1.29, 1.82) is 0 Å². The average Bonchev–Trinajstić information content (AvgIpc) is 2.97. The molecule has 1 heterocycles. The van der Waals surface area contributed by atoms with Gasteiger partial charge >= 0.3 is 0 Å². The van der Waals surface area contributed by atoms with Gasteiger partial charge in [-0.2, -0.15) is 0 Å². The minimum absolute atomic E-state index is 0.130. The molecule has 1 aliphatic rings. The van der Waals surface area contributed by atoms with E-state index in [1.807, 2.05) is 19.1 Å². The monoisotopic (exact) mass is 406 g/mol. The van der Waals surface area contributed by atoms with Gasteiger partial charge in [0.1, 0.15) is 5.75 Å². The SMILES string of the molecule is Cc1ccc(OCC(=O)N2CCCN(C(=O)c3ccc(F)c(F)c3F)CC2)cc1. The number of amides is 2. The van der Waals surface area contributed by atoms with Crippen molar-refractivity contribution in [2.24, 2.45) is 0 Å². The van der Waals surface area contributed by atoms with E-state index in [0.29, 0.717) is 18.7 Å². The third-order valence-electron chi connectivity index (χ3n) is 4.78. The second kappa shape index (κ2) is 8.98. The average molecular weight is 406 g/mol. The molecular formula is C21H21F3N2O3. The quantitative estimate of drug-likeness (QED) is 0.733. The maximum absolute atomic E-state index is 13.9. The molecule has 0 atom stereocenters. The molecule has 29 heavy (non-hydrogen) atoms. The van der Waals surface area contributed by atoms with E-state index in [9.17, 15) is 22.8 Å². The van der Waals surface area contributed by atoms with Crippen LogP contribution in [0.1, 0.15) is 22.3 Å². The molecule has 1 saturated heterocycles. The maximum Gasteiger partial charge on any atom is 0.260 e. The number of hydrogen-bond donors (Lipinski definition) is 0. The van der Waals surface area contributed by atoms with Crippen LogP contribution in [-0.2, 0) is 4.79 Å². The lowest BCUT2D eigenvalue weighted by atomic mass is 10.1. The van der Waals surface area contributed by atoms with Gasteiger partial charge in [0.15, 0.2) is 24.1 Å². The molecular weight excluding hydrogens is 385 g/mol. The van der Waals surface area contributed by atoms with Gasteiger partial charge in [-0.15, -0.1) is 0 Å². The number of nitrogens with zero attached hydrogens (tertiary/aromatic N) is 2. The molecule has 3 rings (SSSR count). The number of aryl methyl sites for hydroxylation is 1. The first-order valence-corrected chi connectivity index (χ1v) is 9.27. The van der Waals surface area contributed by atoms with E-state index >= 15 is 0 Å². The van der Waals surface area contributed by atoms with Crippen LogP contribution in [0, 0.1) is 24.4 Å². The lowest BCUT2D eigenvalue weighted by molar-refractivity contribution is -0.133. The van der Waals surface area contributed by atoms with Crippen molar-refractivity contribution in [1.82, 2.24) is 9.80 Å². The van der Waals surface area contributed by atoms with Gasteiger partial charge in [0, 0.05) is 26.2 Å². The van der Waals surface area contributed by atoms with Crippen molar-refractivity contribution in [3.8, 4) is 5.75 Å². The predicted octanol–water partition coefficient (Wildman–Crippen LogP) is 3.17. The van der Waals surface area contributed by atoms with E-state index in [4.69, 9.17) is 4.74 Å². The fraction of sp³-hybridized carbons (Fsp3) is 0.333. The van der Waals surface area contributed by atoms with E-state index in [-0.39, 0.29) is 32.1 Å². The number of carbonyl (C=O) groups excluding carboxylic acids is 2. The zero-order valence-corrected chi connectivity index (χ0v) is 16.0. The summed E-state index contributed by atoms with van der Waals surface area (Å²) in [7, 11) is 0. The Morgan fingerprint density at radius 3 is 2.28 bits per heavy atom. The molecule has 5 nitrogen and oxygen atoms in total.